The van der Waals surface area contributed by atoms with Crippen molar-refractivity contribution >= 4 is 34.8 Å². The summed E-state index contributed by atoms with van der Waals surface area (Å²) in [5.74, 6) is 5.07. The summed E-state index contributed by atoms with van der Waals surface area (Å²) in [4.78, 5) is 16.8. The van der Waals surface area contributed by atoms with Crippen LogP contribution in [-0.2, 0) is 0 Å². The fraction of sp³-hybridized carbons (Fsp3) is 0.286. The second-order valence-electron chi connectivity index (χ2n) is 4.94. The number of nitrogens with zero attached hydrogens (tertiary/aromatic N) is 5. The van der Waals surface area contributed by atoms with E-state index in [9.17, 15) is 8.78 Å². The SMILES string of the molecule is Cc1nc(Cl)c(F)c(Cl)n1.Cc1nc(NN)c(F)c(N2CC=CC2)n1. The summed E-state index contributed by atoms with van der Waals surface area (Å²) >= 11 is 10.6. The number of nitrogens with one attached hydrogen (secondary N) is 1. The summed E-state index contributed by atoms with van der Waals surface area (Å²) in [6, 6.07) is 0. The highest BCUT2D eigenvalue weighted by molar-refractivity contribution is 6.33. The Labute approximate surface area is 152 Å². The first-order chi connectivity index (χ1) is 11.8. The molecule has 134 valence electrons. The van der Waals surface area contributed by atoms with Gasteiger partial charge in [0.05, 0.1) is 0 Å². The number of nitrogen functional groups attached to an aromatic ring is 1. The Morgan fingerprint density at radius 1 is 0.960 bits per heavy atom. The Hall–Kier alpha value is -2.10. The van der Waals surface area contributed by atoms with E-state index in [1.807, 2.05) is 17.1 Å². The average molecular weight is 390 g/mol. The number of hydrogen-bond donors (Lipinski definition) is 2. The molecule has 3 heterocycles. The quantitative estimate of drug-likeness (QED) is 0.353. The van der Waals surface area contributed by atoms with E-state index in [4.69, 9.17) is 29.0 Å². The maximum absolute atomic E-state index is 13.8. The lowest BCUT2D eigenvalue weighted by atomic mass is 10.4. The van der Waals surface area contributed by atoms with Crippen molar-refractivity contribution in [3.05, 3.63) is 45.7 Å². The molecule has 7 nitrogen and oxygen atoms in total. The highest BCUT2D eigenvalue weighted by Crippen LogP contribution is 2.23. The summed E-state index contributed by atoms with van der Waals surface area (Å²) in [5, 5.41) is -0.477. The zero-order valence-corrected chi connectivity index (χ0v) is 14.9. The minimum absolute atomic E-state index is 0.0319. The lowest BCUT2D eigenvalue weighted by Crippen LogP contribution is -2.23. The fourth-order valence-electron chi connectivity index (χ4n) is 1.99. The van der Waals surface area contributed by atoms with Crippen LogP contribution >= 0.6 is 23.2 Å². The fourth-order valence-corrected chi connectivity index (χ4v) is 2.46. The van der Waals surface area contributed by atoms with E-state index in [0.717, 1.165) is 0 Å². The van der Waals surface area contributed by atoms with Gasteiger partial charge in [0.15, 0.2) is 27.8 Å². The van der Waals surface area contributed by atoms with E-state index >= 15 is 0 Å². The number of halogens is 4. The van der Waals surface area contributed by atoms with Gasteiger partial charge in [0, 0.05) is 13.1 Å². The van der Waals surface area contributed by atoms with Crippen molar-refractivity contribution in [2.24, 2.45) is 5.84 Å². The smallest absolute Gasteiger partial charge is 0.209 e. The lowest BCUT2D eigenvalue weighted by Gasteiger charge is -2.18. The van der Waals surface area contributed by atoms with Gasteiger partial charge >= 0.3 is 0 Å². The second-order valence-corrected chi connectivity index (χ2v) is 5.66. The monoisotopic (exact) mass is 389 g/mol. The number of nitrogens with two attached hydrogens (primary N) is 1. The topological polar surface area (TPSA) is 92.8 Å². The van der Waals surface area contributed by atoms with Gasteiger partial charge in [-0.1, -0.05) is 35.4 Å². The van der Waals surface area contributed by atoms with Crippen molar-refractivity contribution in [2.45, 2.75) is 13.8 Å². The summed E-state index contributed by atoms with van der Waals surface area (Å²) in [6.07, 6.45) is 3.93. The molecule has 2 aromatic heterocycles. The first-order valence-corrected chi connectivity index (χ1v) is 7.85. The van der Waals surface area contributed by atoms with Gasteiger partial charge in [-0.15, -0.1) is 0 Å². The van der Waals surface area contributed by atoms with Gasteiger partial charge in [-0.2, -0.15) is 4.39 Å². The van der Waals surface area contributed by atoms with Crippen molar-refractivity contribution in [2.75, 3.05) is 23.4 Å². The third-order valence-corrected chi connectivity index (χ3v) is 3.58. The molecule has 25 heavy (non-hydrogen) atoms. The Morgan fingerprint density at radius 2 is 1.48 bits per heavy atom. The summed E-state index contributed by atoms with van der Waals surface area (Å²) in [6.45, 7) is 4.61. The van der Waals surface area contributed by atoms with Crippen LogP contribution in [0.4, 0.5) is 20.4 Å². The van der Waals surface area contributed by atoms with Gasteiger partial charge in [-0.3, -0.25) is 0 Å². The maximum Gasteiger partial charge on any atom is 0.209 e. The van der Waals surface area contributed by atoms with Gasteiger partial charge < -0.3 is 10.3 Å². The van der Waals surface area contributed by atoms with Crippen molar-refractivity contribution in [1.82, 2.24) is 19.9 Å². The van der Waals surface area contributed by atoms with E-state index in [1.54, 1.807) is 13.8 Å². The third-order valence-electron chi connectivity index (χ3n) is 3.08. The van der Waals surface area contributed by atoms with Crippen molar-refractivity contribution < 1.29 is 8.78 Å². The first-order valence-electron chi connectivity index (χ1n) is 7.09. The minimum Gasteiger partial charge on any atom is -0.347 e. The van der Waals surface area contributed by atoms with Gasteiger partial charge in [-0.25, -0.2) is 30.2 Å². The summed E-state index contributed by atoms with van der Waals surface area (Å²) in [5.41, 5.74) is 2.23. The van der Waals surface area contributed by atoms with Gasteiger partial charge in [0.2, 0.25) is 5.82 Å². The van der Waals surface area contributed by atoms with Crippen LogP contribution in [0, 0.1) is 25.5 Å². The summed E-state index contributed by atoms with van der Waals surface area (Å²) in [7, 11) is 0. The minimum atomic E-state index is -0.770. The largest absolute Gasteiger partial charge is 0.347 e. The molecular formula is C14H15Cl2F2N7. The van der Waals surface area contributed by atoms with E-state index in [-0.39, 0.29) is 16.1 Å². The van der Waals surface area contributed by atoms with Crippen molar-refractivity contribution in [3.8, 4) is 0 Å². The van der Waals surface area contributed by atoms with Crippen molar-refractivity contribution in [3.63, 3.8) is 0 Å². The first kappa shape index (κ1) is 19.2. The second kappa shape index (κ2) is 8.32. The number of hydrogen-bond acceptors (Lipinski definition) is 7. The molecule has 3 N–H and O–H groups in total. The number of anilines is 2. The number of hydrazine groups is 1. The number of rotatable bonds is 2. The molecule has 0 aliphatic carbocycles. The molecule has 0 unspecified atom stereocenters. The molecule has 0 saturated heterocycles. The maximum atomic E-state index is 13.8. The van der Waals surface area contributed by atoms with Crippen LogP contribution in [-0.4, -0.2) is 33.0 Å². The average Bonchev–Trinajstić information content (AvgIpc) is 3.09. The molecule has 1 aliphatic rings. The van der Waals surface area contributed by atoms with E-state index < -0.39 is 11.6 Å². The van der Waals surface area contributed by atoms with E-state index in [2.05, 4.69) is 25.4 Å². The molecule has 0 fully saturated rings. The zero-order chi connectivity index (χ0) is 18.6. The standard InChI is InChI=1S/C9H12FN5.C5H3Cl2FN2/c1-6-12-8(14-11)7(10)9(13-6)15-4-2-3-5-15;1-2-9-4(6)3(8)5(7)10-2/h2-3H,4-5,11H2,1H3,(H,12,13,14);1H3. The number of aryl methyl sites for hydroxylation is 2. The molecule has 1 aliphatic heterocycles. The Bertz CT molecular complexity index is 770. The molecular weight excluding hydrogens is 375 g/mol. The highest BCUT2D eigenvalue weighted by atomic mass is 35.5. The van der Waals surface area contributed by atoms with Gasteiger partial charge in [0.1, 0.15) is 11.6 Å². The third kappa shape index (κ3) is 4.71. The predicted molar refractivity (Wildman–Crippen MR) is 92.6 cm³/mol. The summed E-state index contributed by atoms with van der Waals surface area (Å²) < 4.78 is 26.3. The molecule has 0 bridgehead atoms. The van der Waals surface area contributed by atoms with Crippen LogP contribution in [0.3, 0.4) is 0 Å². The van der Waals surface area contributed by atoms with E-state index in [0.29, 0.717) is 30.6 Å². The van der Waals surface area contributed by atoms with E-state index in [1.165, 1.54) is 0 Å². The van der Waals surface area contributed by atoms with Gasteiger partial charge in [0.25, 0.3) is 0 Å². The van der Waals surface area contributed by atoms with Crippen LogP contribution in [0.5, 0.6) is 0 Å². The molecule has 3 rings (SSSR count). The highest BCUT2D eigenvalue weighted by Gasteiger charge is 2.18. The van der Waals surface area contributed by atoms with Crippen molar-refractivity contribution in [1.29, 1.82) is 0 Å². The van der Waals surface area contributed by atoms with Crippen LogP contribution in [0.25, 0.3) is 0 Å². The molecule has 0 atom stereocenters. The molecule has 0 amide bonds. The molecule has 0 spiro atoms. The molecule has 0 aromatic carbocycles. The molecule has 2 aromatic rings. The Kier molecular flexibility index (Phi) is 6.40. The Balaban J connectivity index is 0.000000196. The van der Waals surface area contributed by atoms with Gasteiger partial charge in [-0.05, 0) is 13.8 Å². The normalized spacial score (nSPS) is 12.8. The molecule has 0 radical (unpaired) electrons. The number of aromatic nitrogens is 4. The molecule has 11 heteroatoms. The Morgan fingerprint density at radius 3 is 2.00 bits per heavy atom. The van der Waals surface area contributed by atoms with Crippen LogP contribution in [0.1, 0.15) is 11.6 Å². The van der Waals surface area contributed by atoms with Crippen LogP contribution in [0.15, 0.2) is 12.2 Å². The lowest BCUT2D eigenvalue weighted by molar-refractivity contribution is 0.610. The predicted octanol–water partition coefficient (Wildman–Crippen LogP) is 2.82. The van der Waals surface area contributed by atoms with Crippen LogP contribution in [0.2, 0.25) is 10.3 Å². The molecule has 0 saturated carbocycles. The van der Waals surface area contributed by atoms with Crippen LogP contribution < -0.4 is 16.2 Å². The zero-order valence-electron chi connectivity index (χ0n) is 13.4.